The van der Waals surface area contributed by atoms with Gasteiger partial charge in [0, 0.05) is 24.2 Å². The topological polar surface area (TPSA) is 83.9 Å². The molecule has 1 heterocycles. The van der Waals surface area contributed by atoms with E-state index in [1.807, 2.05) is 0 Å². The van der Waals surface area contributed by atoms with E-state index >= 15 is 0 Å². The summed E-state index contributed by atoms with van der Waals surface area (Å²) in [5, 5.41) is 9.43. The third-order valence-corrected chi connectivity index (χ3v) is 5.62. The SMILES string of the molecule is COc1cc(Cl)ccc1S(=O)(=O)N1CCCC(C(=O)O)C1. The molecule has 0 aliphatic carbocycles. The summed E-state index contributed by atoms with van der Waals surface area (Å²) in [5.74, 6) is -1.50. The largest absolute Gasteiger partial charge is 0.495 e. The highest BCUT2D eigenvalue weighted by atomic mass is 35.5. The number of nitrogens with zero attached hydrogens (tertiary/aromatic N) is 1. The van der Waals surface area contributed by atoms with E-state index in [1.165, 1.54) is 29.6 Å². The van der Waals surface area contributed by atoms with Crippen molar-refractivity contribution in [3.05, 3.63) is 23.2 Å². The normalized spacial score (nSPS) is 20.2. The molecule has 116 valence electrons. The van der Waals surface area contributed by atoms with E-state index in [0.717, 1.165) is 0 Å². The van der Waals surface area contributed by atoms with Crippen molar-refractivity contribution in [1.29, 1.82) is 0 Å². The van der Waals surface area contributed by atoms with Crippen molar-refractivity contribution >= 4 is 27.6 Å². The number of hydrogen-bond donors (Lipinski definition) is 1. The van der Waals surface area contributed by atoms with Crippen LogP contribution in [0.1, 0.15) is 12.8 Å². The number of ether oxygens (including phenoxy) is 1. The van der Waals surface area contributed by atoms with Crippen LogP contribution in [-0.4, -0.2) is 44.0 Å². The van der Waals surface area contributed by atoms with Crippen molar-refractivity contribution < 1.29 is 23.1 Å². The lowest BCUT2D eigenvalue weighted by atomic mass is 10.0. The van der Waals surface area contributed by atoms with Crippen molar-refractivity contribution in [2.24, 2.45) is 5.92 Å². The van der Waals surface area contributed by atoms with Gasteiger partial charge in [-0.15, -0.1) is 0 Å². The molecule has 0 spiro atoms. The molecule has 0 bridgehead atoms. The van der Waals surface area contributed by atoms with E-state index in [1.54, 1.807) is 0 Å². The molecule has 1 N–H and O–H groups in total. The molecule has 1 unspecified atom stereocenters. The van der Waals surface area contributed by atoms with Crippen LogP contribution in [-0.2, 0) is 14.8 Å². The smallest absolute Gasteiger partial charge is 0.307 e. The Bertz CT molecular complexity index is 646. The number of piperidine rings is 1. The molecule has 6 nitrogen and oxygen atoms in total. The zero-order chi connectivity index (χ0) is 15.6. The minimum atomic E-state index is -3.80. The third-order valence-electron chi connectivity index (χ3n) is 3.48. The number of carboxylic acid groups (broad SMARTS) is 1. The Kier molecular flexibility index (Phi) is 4.75. The van der Waals surface area contributed by atoms with Crippen LogP contribution >= 0.6 is 11.6 Å². The maximum Gasteiger partial charge on any atom is 0.307 e. The molecule has 1 aliphatic rings. The Morgan fingerprint density at radius 3 is 2.81 bits per heavy atom. The number of carboxylic acids is 1. The summed E-state index contributed by atoms with van der Waals surface area (Å²) in [4.78, 5) is 11.1. The van der Waals surface area contributed by atoms with E-state index in [2.05, 4.69) is 0 Å². The van der Waals surface area contributed by atoms with Crippen LogP contribution in [0.2, 0.25) is 5.02 Å². The van der Waals surface area contributed by atoms with Gasteiger partial charge < -0.3 is 9.84 Å². The fourth-order valence-electron chi connectivity index (χ4n) is 2.36. The lowest BCUT2D eigenvalue weighted by Gasteiger charge is -2.30. The zero-order valence-corrected chi connectivity index (χ0v) is 13.0. The van der Waals surface area contributed by atoms with Gasteiger partial charge in [0.2, 0.25) is 10.0 Å². The first-order valence-corrected chi connectivity index (χ1v) is 8.24. The number of sulfonamides is 1. The Balaban J connectivity index is 2.36. The zero-order valence-electron chi connectivity index (χ0n) is 11.5. The number of rotatable bonds is 4. The van der Waals surface area contributed by atoms with E-state index in [4.69, 9.17) is 21.4 Å². The van der Waals surface area contributed by atoms with Gasteiger partial charge in [-0.1, -0.05) is 11.6 Å². The fraction of sp³-hybridized carbons (Fsp3) is 0.462. The Labute approximate surface area is 128 Å². The van der Waals surface area contributed by atoms with Gasteiger partial charge in [0.1, 0.15) is 10.6 Å². The average Bonchev–Trinajstić information content (AvgIpc) is 2.46. The van der Waals surface area contributed by atoms with Crippen LogP contribution < -0.4 is 4.74 Å². The first kappa shape index (κ1) is 16.1. The second-order valence-corrected chi connectivity index (χ2v) is 7.18. The van der Waals surface area contributed by atoms with Gasteiger partial charge in [0.25, 0.3) is 0 Å². The molecule has 1 fully saturated rings. The van der Waals surface area contributed by atoms with Crippen molar-refractivity contribution in [1.82, 2.24) is 4.31 Å². The molecule has 1 aromatic rings. The van der Waals surface area contributed by atoms with Crippen molar-refractivity contribution in [2.75, 3.05) is 20.2 Å². The molecule has 0 radical (unpaired) electrons. The summed E-state index contributed by atoms with van der Waals surface area (Å²) >= 11 is 5.83. The molecule has 1 atom stereocenters. The van der Waals surface area contributed by atoms with Gasteiger partial charge in [-0.3, -0.25) is 4.79 Å². The predicted molar refractivity (Wildman–Crippen MR) is 77.1 cm³/mol. The van der Waals surface area contributed by atoms with Crippen LogP contribution in [0.25, 0.3) is 0 Å². The van der Waals surface area contributed by atoms with E-state index in [9.17, 15) is 13.2 Å². The molecule has 0 saturated carbocycles. The first-order chi connectivity index (χ1) is 9.86. The molecule has 2 rings (SSSR count). The Hall–Kier alpha value is -1.31. The summed E-state index contributed by atoms with van der Waals surface area (Å²) in [6.45, 7) is 0.279. The monoisotopic (exact) mass is 333 g/mol. The molecule has 1 aliphatic heterocycles. The van der Waals surface area contributed by atoms with Gasteiger partial charge in [0.05, 0.1) is 13.0 Å². The van der Waals surface area contributed by atoms with E-state index in [0.29, 0.717) is 24.4 Å². The van der Waals surface area contributed by atoms with Crippen molar-refractivity contribution in [3.63, 3.8) is 0 Å². The van der Waals surface area contributed by atoms with Gasteiger partial charge in [-0.2, -0.15) is 4.31 Å². The minimum absolute atomic E-state index is 0.000406. The summed E-state index contributed by atoms with van der Waals surface area (Å²) in [7, 11) is -2.44. The summed E-state index contributed by atoms with van der Waals surface area (Å²) in [5.41, 5.74) is 0. The molecular weight excluding hydrogens is 318 g/mol. The highest BCUT2D eigenvalue weighted by Gasteiger charge is 2.34. The van der Waals surface area contributed by atoms with Crippen LogP contribution in [0.3, 0.4) is 0 Å². The highest BCUT2D eigenvalue weighted by Crippen LogP contribution is 2.31. The maximum atomic E-state index is 12.7. The highest BCUT2D eigenvalue weighted by molar-refractivity contribution is 7.89. The molecule has 0 aromatic heterocycles. The summed E-state index contributed by atoms with van der Waals surface area (Å²) < 4.78 is 31.6. The molecular formula is C13H16ClNO5S. The lowest BCUT2D eigenvalue weighted by Crippen LogP contribution is -2.42. The van der Waals surface area contributed by atoms with Crippen LogP contribution in [0.5, 0.6) is 5.75 Å². The maximum absolute atomic E-state index is 12.7. The van der Waals surface area contributed by atoms with Gasteiger partial charge in [-0.25, -0.2) is 8.42 Å². The van der Waals surface area contributed by atoms with Crippen LogP contribution in [0.15, 0.2) is 23.1 Å². The van der Waals surface area contributed by atoms with Gasteiger partial charge in [-0.05, 0) is 25.0 Å². The summed E-state index contributed by atoms with van der Waals surface area (Å²) in [6, 6.07) is 4.27. The third kappa shape index (κ3) is 3.30. The quantitative estimate of drug-likeness (QED) is 0.908. The molecule has 21 heavy (non-hydrogen) atoms. The van der Waals surface area contributed by atoms with Crippen molar-refractivity contribution in [2.45, 2.75) is 17.7 Å². The molecule has 8 heteroatoms. The Morgan fingerprint density at radius 1 is 1.48 bits per heavy atom. The minimum Gasteiger partial charge on any atom is -0.495 e. The van der Waals surface area contributed by atoms with E-state index < -0.39 is 21.9 Å². The molecule has 0 amide bonds. The van der Waals surface area contributed by atoms with Gasteiger partial charge >= 0.3 is 5.97 Å². The predicted octanol–water partition coefficient (Wildman–Crippen LogP) is 1.83. The number of carbonyl (C=O) groups is 1. The van der Waals surface area contributed by atoms with E-state index in [-0.39, 0.29) is 17.2 Å². The number of halogens is 1. The number of benzene rings is 1. The summed E-state index contributed by atoms with van der Waals surface area (Å²) in [6.07, 6.45) is 1.01. The van der Waals surface area contributed by atoms with Gasteiger partial charge in [0.15, 0.2) is 0 Å². The molecule has 1 saturated heterocycles. The second kappa shape index (κ2) is 6.21. The number of hydrogen-bond acceptors (Lipinski definition) is 4. The first-order valence-electron chi connectivity index (χ1n) is 6.42. The second-order valence-electron chi connectivity index (χ2n) is 4.84. The van der Waals surface area contributed by atoms with Crippen LogP contribution in [0, 0.1) is 5.92 Å². The number of methoxy groups -OCH3 is 1. The lowest BCUT2D eigenvalue weighted by molar-refractivity contribution is -0.142. The molecule has 1 aromatic carbocycles. The standard InChI is InChI=1S/C13H16ClNO5S/c1-20-11-7-10(14)4-5-12(11)21(18,19)15-6-2-3-9(8-15)13(16)17/h4-5,7,9H,2-3,6,8H2,1H3,(H,16,17). The fourth-order valence-corrected chi connectivity index (χ4v) is 4.18. The van der Waals surface area contributed by atoms with Crippen LogP contribution in [0.4, 0.5) is 0 Å². The number of aliphatic carboxylic acids is 1. The van der Waals surface area contributed by atoms with Crippen molar-refractivity contribution in [3.8, 4) is 5.75 Å². The average molecular weight is 334 g/mol. The Morgan fingerprint density at radius 2 is 2.19 bits per heavy atom.